The van der Waals surface area contributed by atoms with Crippen molar-refractivity contribution in [3.63, 3.8) is 0 Å². The number of nitrogens with one attached hydrogen (secondary N) is 1. The first-order valence-electron chi connectivity index (χ1n) is 9.31. The number of imidazole rings is 1. The summed E-state index contributed by atoms with van der Waals surface area (Å²) in [4.78, 5) is 16.0. The van der Waals surface area contributed by atoms with Crippen LogP contribution in [0.15, 0.2) is 35.7 Å². The molecule has 140 valence electrons. The normalized spacial score (nSPS) is 18.2. The van der Waals surface area contributed by atoms with Crippen molar-refractivity contribution in [3.05, 3.63) is 42.1 Å². The van der Waals surface area contributed by atoms with E-state index in [1.807, 2.05) is 30.0 Å². The van der Waals surface area contributed by atoms with Gasteiger partial charge in [-0.15, -0.1) is 0 Å². The van der Waals surface area contributed by atoms with Crippen molar-refractivity contribution in [2.45, 2.75) is 39.0 Å². The number of nitrogens with zero attached hydrogens (tertiary/aromatic N) is 5. The highest BCUT2D eigenvalue weighted by molar-refractivity contribution is 8.00. The molecule has 3 heterocycles. The fourth-order valence-corrected chi connectivity index (χ4v) is 4.20. The third kappa shape index (κ3) is 4.58. The number of hydrogen-bond acceptors (Lipinski definition) is 4. The molecule has 1 unspecified atom stereocenters. The van der Waals surface area contributed by atoms with Gasteiger partial charge in [0.2, 0.25) is 0 Å². The molecule has 1 N–H and O–H groups in total. The summed E-state index contributed by atoms with van der Waals surface area (Å²) in [6.07, 6.45) is 6.83. The standard InChI is InChI=1S/C19H28N6S/c1-4-17-14-24(10-11-26-17)19(20-5-2)23-13-16-6-7-18(22-12-16)25-9-8-21-15(25)3/h6-9,12,17H,4-5,10-11,13-14H2,1-3H3,(H,20,23). The maximum absolute atomic E-state index is 4.85. The van der Waals surface area contributed by atoms with Gasteiger partial charge in [0.05, 0.1) is 6.54 Å². The Bertz CT molecular complexity index is 724. The molecular formula is C19H28N6S. The fraction of sp³-hybridized carbons (Fsp3) is 0.526. The number of rotatable bonds is 5. The third-order valence-corrected chi connectivity index (χ3v) is 5.89. The lowest BCUT2D eigenvalue weighted by Crippen LogP contribution is -2.48. The minimum atomic E-state index is 0.638. The predicted octanol–water partition coefficient (Wildman–Crippen LogP) is 2.87. The molecule has 2 aromatic rings. The molecule has 1 saturated heterocycles. The summed E-state index contributed by atoms with van der Waals surface area (Å²) in [6.45, 7) is 10.0. The zero-order valence-electron chi connectivity index (χ0n) is 15.9. The predicted molar refractivity (Wildman–Crippen MR) is 109 cm³/mol. The first kappa shape index (κ1) is 18.8. The summed E-state index contributed by atoms with van der Waals surface area (Å²) in [5.74, 6) is 4.01. The summed E-state index contributed by atoms with van der Waals surface area (Å²) >= 11 is 2.08. The van der Waals surface area contributed by atoms with Gasteiger partial charge in [-0.2, -0.15) is 11.8 Å². The maximum Gasteiger partial charge on any atom is 0.194 e. The topological polar surface area (TPSA) is 58.3 Å². The lowest BCUT2D eigenvalue weighted by Gasteiger charge is -2.34. The van der Waals surface area contributed by atoms with Gasteiger partial charge in [-0.25, -0.2) is 15.0 Å². The summed E-state index contributed by atoms with van der Waals surface area (Å²) in [6, 6.07) is 4.12. The van der Waals surface area contributed by atoms with Crippen molar-refractivity contribution in [2.24, 2.45) is 4.99 Å². The highest BCUT2D eigenvalue weighted by Gasteiger charge is 2.21. The molecule has 1 fully saturated rings. The SMILES string of the molecule is CCNC(=NCc1ccc(-n2ccnc2C)nc1)N1CCSC(CC)C1. The van der Waals surface area contributed by atoms with Crippen LogP contribution < -0.4 is 5.32 Å². The van der Waals surface area contributed by atoms with Gasteiger partial charge in [-0.3, -0.25) is 4.57 Å². The number of aliphatic imine (C=N–C) groups is 1. The molecule has 6 nitrogen and oxygen atoms in total. The monoisotopic (exact) mass is 372 g/mol. The molecule has 0 bridgehead atoms. The molecule has 7 heteroatoms. The van der Waals surface area contributed by atoms with E-state index >= 15 is 0 Å². The van der Waals surface area contributed by atoms with E-state index in [1.54, 1.807) is 6.20 Å². The van der Waals surface area contributed by atoms with E-state index < -0.39 is 0 Å². The number of aryl methyl sites for hydroxylation is 1. The molecule has 0 spiro atoms. The van der Waals surface area contributed by atoms with Gasteiger partial charge in [0.25, 0.3) is 0 Å². The molecule has 2 aromatic heterocycles. The van der Waals surface area contributed by atoms with Crippen LogP contribution in [0.3, 0.4) is 0 Å². The molecule has 0 amide bonds. The van der Waals surface area contributed by atoms with Gasteiger partial charge >= 0.3 is 0 Å². The lowest BCUT2D eigenvalue weighted by molar-refractivity contribution is 0.408. The zero-order valence-corrected chi connectivity index (χ0v) is 16.7. The van der Waals surface area contributed by atoms with Crippen LogP contribution in [0, 0.1) is 6.92 Å². The van der Waals surface area contributed by atoms with Crippen LogP contribution in [0.4, 0.5) is 0 Å². The summed E-state index contributed by atoms with van der Waals surface area (Å²) in [5, 5.41) is 4.14. The lowest BCUT2D eigenvalue weighted by atomic mass is 10.3. The maximum atomic E-state index is 4.85. The highest BCUT2D eigenvalue weighted by atomic mass is 32.2. The second kappa shape index (κ2) is 9.07. The number of thioether (sulfide) groups is 1. The summed E-state index contributed by atoms with van der Waals surface area (Å²) in [5.41, 5.74) is 1.11. The van der Waals surface area contributed by atoms with E-state index in [1.165, 1.54) is 12.2 Å². The van der Waals surface area contributed by atoms with E-state index in [-0.39, 0.29) is 0 Å². The minimum absolute atomic E-state index is 0.638. The van der Waals surface area contributed by atoms with Crippen LogP contribution in [0.2, 0.25) is 0 Å². The average molecular weight is 373 g/mol. The van der Waals surface area contributed by atoms with Crippen LogP contribution in [-0.2, 0) is 6.54 Å². The van der Waals surface area contributed by atoms with Crippen molar-refractivity contribution in [1.82, 2.24) is 24.8 Å². The van der Waals surface area contributed by atoms with Crippen molar-refractivity contribution in [2.75, 3.05) is 25.4 Å². The number of guanidine groups is 1. The van der Waals surface area contributed by atoms with Crippen LogP contribution >= 0.6 is 11.8 Å². The first-order chi connectivity index (χ1) is 12.7. The van der Waals surface area contributed by atoms with Crippen molar-refractivity contribution < 1.29 is 0 Å². The number of aromatic nitrogens is 3. The quantitative estimate of drug-likeness (QED) is 0.646. The smallest absolute Gasteiger partial charge is 0.194 e. The molecule has 0 aliphatic carbocycles. The Morgan fingerprint density at radius 3 is 2.88 bits per heavy atom. The van der Waals surface area contributed by atoms with Gasteiger partial charge in [0, 0.05) is 49.2 Å². The van der Waals surface area contributed by atoms with Gasteiger partial charge in [-0.1, -0.05) is 13.0 Å². The molecule has 0 saturated carbocycles. The zero-order chi connectivity index (χ0) is 18.4. The second-order valence-corrected chi connectivity index (χ2v) is 7.79. The third-order valence-electron chi connectivity index (χ3n) is 4.52. The molecular weight excluding hydrogens is 344 g/mol. The van der Waals surface area contributed by atoms with E-state index in [0.717, 1.165) is 42.8 Å². The van der Waals surface area contributed by atoms with Gasteiger partial charge in [0.1, 0.15) is 11.6 Å². The van der Waals surface area contributed by atoms with E-state index in [2.05, 4.69) is 51.9 Å². The average Bonchev–Trinajstić information content (AvgIpc) is 3.11. The van der Waals surface area contributed by atoms with Gasteiger partial charge in [-0.05, 0) is 31.9 Å². The molecule has 3 rings (SSSR count). The fourth-order valence-electron chi connectivity index (χ4n) is 3.02. The molecule has 1 aliphatic heterocycles. The van der Waals surface area contributed by atoms with E-state index in [9.17, 15) is 0 Å². The molecule has 0 aromatic carbocycles. The van der Waals surface area contributed by atoms with Crippen LogP contribution in [0.1, 0.15) is 31.7 Å². The summed E-state index contributed by atoms with van der Waals surface area (Å²) < 4.78 is 1.98. The van der Waals surface area contributed by atoms with Crippen LogP contribution in [-0.4, -0.2) is 56.0 Å². The van der Waals surface area contributed by atoms with Crippen molar-refractivity contribution >= 4 is 17.7 Å². The molecule has 1 aliphatic rings. The highest BCUT2D eigenvalue weighted by Crippen LogP contribution is 2.21. The van der Waals surface area contributed by atoms with Crippen LogP contribution in [0.5, 0.6) is 0 Å². The van der Waals surface area contributed by atoms with Crippen molar-refractivity contribution in [3.8, 4) is 5.82 Å². The van der Waals surface area contributed by atoms with Gasteiger partial charge in [0.15, 0.2) is 5.96 Å². The van der Waals surface area contributed by atoms with Crippen molar-refractivity contribution in [1.29, 1.82) is 0 Å². The first-order valence-corrected chi connectivity index (χ1v) is 10.4. The Morgan fingerprint density at radius 2 is 2.23 bits per heavy atom. The number of pyridine rings is 1. The van der Waals surface area contributed by atoms with E-state index in [4.69, 9.17) is 4.99 Å². The van der Waals surface area contributed by atoms with E-state index in [0.29, 0.717) is 11.8 Å². The van der Waals surface area contributed by atoms with Gasteiger partial charge < -0.3 is 10.2 Å². The molecule has 26 heavy (non-hydrogen) atoms. The minimum Gasteiger partial charge on any atom is -0.357 e. The Hall–Kier alpha value is -2.02. The Kier molecular flexibility index (Phi) is 6.55. The Morgan fingerprint density at radius 1 is 1.35 bits per heavy atom. The summed E-state index contributed by atoms with van der Waals surface area (Å²) in [7, 11) is 0. The largest absolute Gasteiger partial charge is 0.357 e. The Labute approximate surface area is 160 Å². The van der Waals surface area contributed by atoms with Crippen LogP contribution in [0.25, 0.3) is 5.82 Å². The number of hydrogen-bond donors (Lipinski definition) is 1. The molecule has 1 atom stereocenters. The Balaban J connectivity index is 1.68. The molecule has 0 radical (unpaired) electrons. The second-order valence-electron chi connectivity index (χ2n) is 6.39.